The van der Waals surface area contributed by atoms with Crippen molar-refractivity contribution in [1.29, 1.82) is 5.26 Å². The van der Waals surface area contributed by atoms with Gasteiger partial charge >= 0.3 is 0 Å². The van der Waals surface area contributed by atoms with Gasteiger partial charge < -0.3 is 9.64 Å². The molecule has 5 heteroatoms. The Labute approximate surface area is 125 Å². The highest BCUT2D eigenvalue weighted by Crippen LogP contribution is 2.12. The van der Waals surface area contributed by atoms with E-state index < -0.39 is 0 Å². The maximum absolute atomic E-state index is 8.83. The lowest BCUT2D eigenvalue weighted by molar-refractivity contribution is 0.259. The van der Waals surface area contributed by atoms with Crippen LogP contribution in [0.15, 0.2) is 36.7 Å². The van der Waals surface area contributed by atoms with Crippen molar-refractivity contribution < 1.29 is 4.74 Å². The summed E-state index contributed by atoms with van der Waals surface area (Å²) in [5.41, 5.74) is 1.84. The van der Waals surface area contributed by atoms with E-state index in [9.17, 15) is 0 Å². The smallest absolute Gasteiger partial charge is 0.120 e. The summed E-state index contributed by atoms with van der Waals surface area (Å²) < 4.78 is 7.47. The highest BCUT2D eigenvalue weighted by molar-refractivity contribution is 5.36. The molecule has 1 heterocycles. The van der Waals surface area contributed by atoms with Gasteiger partial charge in [-0.3, -0.25) is 4.68 Å². The fourth-order valence-electron chi connectivity index (χ4n) is 2.12. The molecule has 0 aliphatic heterocycles. The maximum atomic E-state index is 8.83. The van der Waals surface area contributed by atoms with E-state index in [0.717, 1.165) is 25.3 Å². The third-order valence-corrected chi connectivity index (χ3v) is 3.13. The topological polar surface area (TPSA) is 54.1 Å². The second-order valence-electron chi connectivity index (χ2n) is 5.10. The number of aryl methyl sites for hydroxylation is 1. The van der Waals surface area contributed by atoms with Crippen molar-refractivity contribution in [2.45, 2.75) is 13.0 Å². The number of hydrogen-bond donors (Lipinski definition) is 0. The van der Waals surface area contributed by atoms with E-state index >= 15 is 0 Å². The molecule has 1 aromatic heterocycles. The molecular formula is C16H20N4O. The van der Waals surface area contributed by atoms with E-state index in [-0.39, 0.29) is 0 Å². The normalized spacial score (nSPS) is 10.6. The second kappa shape index (κ2) is 7.46. The Bertz CT molecular complexity index is 615. The van der Waals surface area contributed by atoms with Gasteiger partial charge in [0.2, 0.25) is 0 Å². The molecule has 0 aliphatic carbocycles. The fourth-order valence-corrected chi connectivity index (χ4v) is 2.12. The van der Waals surface area contributed by atoms with Crippen molar-refractivity contribution in [3.63, 3.8) is 0 Å². The van der Waals surface area contributed by atoms with Crippen LogP contribution in [-0.4, -0.2) is 34.9 Å². The van der Waals surface area contributed by atoms with E-state index in [1.165, 1.54) is 5.56 Å². The number of hydrogen-bond acceptors (Lipinski definition) is 4. The van der Waals surface area contributed by atoms with Gasteiger partial charge in [0.15, 0.2) is 0 Å². The first-order valence-corrected chi connectivity index (χ1v) is 6.96. The highest BCUT2D eigenvalue weighted by atomic mass is 16.5. The van der Waals surface area contributed by atoms with Crippen LogP contribution in [0.4, 0.5) is 0 Å². The van der Waals surface area contributed by atoms with E-state index in [1.807, 2.05) is 36.3 Å². The number of benzene rings is 1. The quantitative estimate of drug-likeness (QED) is 0.731. The summed E-state index contributed by atoms with van der Waals surface area (Å²) in [6.45, 7) is 2.48. The molecule has 5 nitrogen and oxygen atoms in total. The maximum Gasteiger partial charge on any atom is 0.120 e. The zero-order valence-electron chi connectivity index (χ0n) is 12.5. The van der Waals surface area contributed by atoms with Gasteiger partial charge in [0, 0.05) is 31.9 Å². The first kappa shape index (κ1) is 15.1. The van der Waals surface area contributed by atoms with Gasteiger partial charge in [-0.2, -0.15) is 10.4 Å². The third kappa shape index (κ3) is 4.93. The van der Waals surface area contributed by atoms with Crippen LogP contribution in [-0.2, 0) is 13.6 Å². The standard InChI is InChI=1S/C16H20N4O/c1-19(12-15-11-18-20(2)13-15)7-4-8-21-16-6-3-5-14(9-16)10-17/h3,5-6,9,11,13H,4,7-8,12H2,1-2H3. The molecule has 0 atom stereocenters. The van der Waals surface area contributed by atoms with Crippen LogP contribution in [0, 0.1) is 11.3 Å². The number of ether oxygens (including phenoxy) is 1. The van der Waals surface area contributed by atoms with Crippen LogP contribution in [0.2, 0.25) is 0 Å². The van der Waals surface area contributed by atoms with Crippen LogP contribution >= 0.6 is 0 Å². The highest BCUT2D eigenvalue weighted by Gasteiger charge is 2.02. The summed E-state index contributed by atoms with van der Waals surface area (Å²) in [5, 5.41) is 13.0. The molecular weight excluding hydrogens is 264 g/mol. The lowest BCUT2D eigenvalue weighted by Crippen LogP contribution is -2.20. The van der Waals surface area contributed by atoms with Gasteiger partial charge in [-0.15, -0.1) is 0 Å². The fraction of sp³-hybridized carbons (Fsp3) is 0.375. The molecule has 2 rings (SSSR count). The van der Waals surface area contributed by atoms with E-state index in [1.54, 1.807) is 12.1 Å². The van der Waals surface area contributed by atoms with Crippen LogP contribution in [0.25, 0.3) is 0 Å². The number of nitrogens with zero attached hydrogens (tertiary/aromatic N) is 4. The van der Waals surface area contributed by atoms with Crippen LogP contribution < -0.4 is 4.74 Å². The molecule has 110 valence electrons. The zero-order chi connectivity index (χ0) is 15.1. The largest absolute Gasteiger partial charge is 0.494 e. The minimum atomic E-state index is 0.626. The van der Waals surface area contributed by atoms with Gasteiger partial charge in [0.25, 0.3) is 0 Å². The second-order valence-corrected chi connectivity index (χ2v) is 5.10. The molecule has 0 fully saturated rings. The number of aromatic nitrogens is 2. The third-order valence-electron chi connectivity index (χ3n) is 3.13. The summed E-state index contributed by atoms with van der Waals surface area (Å²) in [6.07, 6.45) is 4.86. The Hall–Kier alpha value is -2.32. The van der Waals surface area contributed by atoms with E-state index in [2.05, 4.69) is 23.1 Å². The molecule has 0 spiro atoms. The van der Waals surface area contributed by atoms with E-state index in [4.69, 9.17) is 10.00 Å². The molecule has 0 amide bonds. The van der Waals surface area contributed by atoms with Gasteiger partial charge in [0.05, 0.1) is 24.4 Å². The summed E-state index contributed by atoms with van der Waals surface area (Å²) in [7, 11) is 4.01. The number of rotatable bonds is 7. The van der Waals surface area contributed by atoms with Gasteiger partial charge in [-0.1, -0.05) is 6.07 Å². The SMILES string of the molecule is CN(CCCOc1cccc(C#N)c1)Cc1cnn(C)c1. The first-order valence-electron chi connectivity index (χ1n) is 6.96. The minimum absolute atomic E-state index is 0.626. The van der Waals surface area contributed by atoms with Crippen molar-refractivity contribution in [1.82, 2.24) is 14.7 Å². The Balaban J connectivity index is 1.68. The van der Waals surface area contributed by atoms with Gasteiger partial charge in [-0.25, -0.2) is 0 Å². The van der Waals surface area contributed by atoms with Crippen LogP contribution in [0.3, 0.4) is 0 Å². The van der Waals surface area contributed by atoms with Gasteiger partial charge in [0.1, 0.15) is 5.75 Å². The molecule has 0 bridgehead atoms. The Morgan fingerprint density at radius 1 is 1.43 bits per heavy atom. The molecule has 0 radical (unpaired) electrons. The predicted octanol–water partition coefficient (Wildman–Crippen LogP) is 2.19. The van der Waals surface area contributed by atoms with Crippen molar-refractivity contribution in [3.05, 3.63) is 47.8 Å². The minimum Gasteiger partial charge on any atom is -0.494 e. The average Bonchev–Trinajstić information content (AvgIpc) is 2.89. The molecule has 0 saturated heterocycles. The summed E-state index contributed by atoms with van der Waals surface area (Å²) in [6, 6.07) is 9.36. The molecule has 0 unspecified atom stereocenters. The van der Waals surface area contributed by atoms with Crippen LogP contribution in [0.1, 0.15) is 17.5 Å². The summed E-state index contributed by atoms with van der Waals surface area (Å²) in [4.78, 5) is 2.24. The Kier molecular flexibility index (Phi) is 5.35. The van der Waals surface area contributed by atoms with E-state index in [0.29, 0.717) is 12.2 Å². The summed E-state index contributed by atoms with van der Waals surface area (Å²) in [5.74, 6) is 0.754. The lowest BCUT2D eigenvalue weighted by atomic mass is 10.2. The zero-order valence-corrected chi connectivity index (χ0v) is 12.5. The Morgan fingerprint density at radius 3 is 3.00 bits per heavy atom. The summed E-state index contributed by atoms with van der Waals surface area (Å²) >= 11 is 0. The molecule has 1 aromatic carbocycles. The molecule has 2 aromatic rings. The van der Waals surface area contributed by atoms with Gasteiger partial charge in [-0.05, 0) is 31.7 Å². The molecule has 0 N–H and O–H groups in total. The molecule has 21 heavy (non-hydrogen) atoms. The van der Waals surface area contributed by atoms with Crippen molar-refractivity contribution in [3.8, 4) is 11.8 Å². The van der Waals surface area contributed by atoms with Crippen molar-refractivity contribution in [2.75, 3.05) is 20.2 Å². The average molecular weight is 284 g/mol. The van der Waals surface area contributed by atoms with Crippen LogP contribution in [0.5, 0.6) is 5.75 Å². The lowest BCUT2D eigenvalue weighted by Gasteiger charge is -2.15. The monoisotopic (exact) mass is 284 g/mol. The Morgan fingerprint density at radius 2 is 2.29 bits per heavy atom. The molecule has 0 aliphatic rings. The van der Waals surface area contributed by atoms with Crippen molar-refractivity contribution in [2.24, 2.45) is 7.05 Å². The first-order chi connectivity index (χ1) is 10.2. The molecule has 0 saturated carbocycles. The number of nitriles is 1. The van der Waals surface area contributed by atoms with Crippen molar-refractivity contribution >= 4 is 0 Å². The predicted molar refractivity (Wildman–Crippen MR) is 80.8 cm³/mol.